The Hall–Kier alpha value is -2.24. The molecule has 0 spiro atoms. The van der Waals surface area contributed by atoms with Crippen molar-refractivity contribution in [3.63, 3.8) is 0 Å². The Kier molecular flexibility index (Phi) is 5.50. The Morgan fingerprint density at radius 3 is 2.67 bits per heavy atom. The average molecular weight is 364 g/mol. The van der Waals surface area contributed by atoms with Gasteiger partial charge in [-0.05, 0) is 58.4 Å². The molecule has 27 heavy (non-hydrogen) atoms. The lowest BCUT2D eigenvalue weighted by atomic mass is 10.1. The number of aromatic nitrogens is 3. The molecule has 0 radical (unpaired) electrons. The van der Waals surface area contributed by atoms with E-state index in [4.69, 9.17) is 4.98 Å². The second-order valence-electron chi connectivity index (χ2n) is 7.77. The topological polar surface area (TPSA) is 36.7 Å². The standard InChI is InChI=1S/C22H29N5/c1-18(26-11-6-7-12-26)10-13-25(2)16-19-14-23-22-21(15-24-27(22)17-19)20-8-4-3-5-9-20/h3-5,8-9,14-15,17-18H,6-7,10-13,16H2,1-2H3/t18-/m0/s1. The largest absolute Gasteiger partial charge is 0.302 e. The Morgan fingerprint density at radius 2 is 1.89 bits per heavy atom. The van der Waals surface area contributed by atoms with Crippen LogP contribution in [-0.4, -0.2) is 57.1 Å². The predicted octanol–water partition coefficient (Wildman–Crippen LogP) is 3.70. The van der Waals surface area contributed by atoms with E-state index in [1.165, 1.54) is 37.9 Å². The molecular formula is C22H29N5. The van der Waals surface area contributed by atoms with E-state index in [-0.39, 0.29) is 0 Å². The second kappa shape index (κ2) is 8.19. The molecule has 1 atom stereocenters. The zero-order valence-electron chi connectivity index (χ0n) is 16.4. The van der Waals surface area contributed by atoms with Crippen LogP contribution in [0.2, 0.25) is 0 Å². The van der Waals surface area contributed by atoms with Crippen LogP contribution in [0.5, 0.6) is 0 Å². The maximum Gasteiger partial charge on any atom is 0.162 e. The third-order valence-corrected chi connectivity index (χ3v) is 5.64. The molecule has 1 fully saturated rings. The summed E-state index contributed by atoms with van der Waals surface area (Å²) in [7, 11) is 2.19. The zero-order valence-corrected chi connectivity index (χ0v) is 16.4. The molecule has 5 heteroatoms. The third kappa shape index (κ3) is 4.20. The lowest BCUT2D eigenvalue weighted by Gasteiger charge is -2.26. The quantitative estimate of drug-likeness (QED) is 0.641. The molecule has 1 saturated heterocycles. The van der Waals surface area contributed by atoms with E-state index in [0.29, 0.717) is 6.04 Å². The highest BCUT2D eigenvalue weighted by Crippen LogP contribution is 2.23. The normalized spacial score (nSPS) is 16.4. The van der Waals surface area contributed by atoms with E-state index in [2.05, 4.69) is 47.2 Å². The van der Waals surface area contributed by atoms with Gasteiger partial charge in [-0.2, -0.15) is 5.10 Å². The van der Waals surface area contributed by atoms with Crippen LogP contribution in [0.4, 0.5) is 0 Å². The summed E-state index contributed by atoms with van der Waals surface area (Å²) in [6, 6.07) is 11.0. The zero-order chi connectivity index (χ0) is 18.6. The van der Waals surface area contributed by atoms with Crippen molar-refractivity contribution in [2.24, 2.45) is 0 Å². The predicted molar refractivity (Wildman–Crippen MR) is 110 cm³/mol. The summed E-state index contributed by atoms with van der Waals surface area (Å²) < 4.78 is 1.90. The molecule has 0 amide bonds. The van der Waals surface area contributed by atoms with E-state index in [1.807, 2.05) is 35.1 Å². The summed E-state index contributed by atoms with van der Waals surface area (Å²) in [4.78, 5) is 9.70. The SMILES string of the molecule is C[C@@H](CCN(C)Cc1cnc2c(-c3ccccc3)cnn2c1)N1CCCC1. The second-order valence-corrected chi connectivity index (χ2v) is 7.77. The van der Waals surface area contributed by atoms with Crippen molar-refractivity contribution in [2.45, 2.75) is 38.8 Å². The summed E-state index contributed by atoms with van der Waals surface area (Å²) in [6.45, 7) is 6.91. The van der Waals surface area contributed by atoms with Crippen LogP contribution in [0.25, 0.3) is 16.8 Å². The lowest BCUT2D eigenvalue weighted by molar-refractivity contribution is 0.215. The highest BCUT2D eigenvalue weighted by atomic mass is 15.2. The highest BCUT2D eigenvalue weighted by molar-refractivity contribution is 5.76. The van der Waals surface area contributed by atoms with Crippen molar-refractivity contribution in [1.82, 2.24) is 24.4 Å². The molecule has 0 unspecified atom stereocenters. The molecule has 0 aliphatic carbocycles. The molecule has 1 aliphatic rings. The minimum Gasteiger partial charge on any atom is -0.302 e. The summed E-state index contributed by atoms with van der Waals surface area (Å²) in [5, 5.41) is 4.52. The fourth-order valence-corrected chi connectivity index (χ4v) is 3.98. The first-order chi connectivity index (χ1) is 13.2. The Balaban J connectivity index is 1.39. The van der Waals surface area contributed by atoms with Crippen molar-refractivity contribution in [1.29, 1.82) is 0 Å². The Labute approximate surface area is 161 Å². The van der Waals surface area contributed by atoms with Gasteiger partial charge in [0.05, 0.1) is 6.20 Å². The average Bonchev–Trinajstić information content (AvgIpc) is 3.36. The van der Waals surface area contributed by atoms with Gasteiger partial charge in [-0.25, -0.2) is 9.50 Å². The van der Waals surface area contributed by atoms with Gasteiger partial charge in [-0.15, -0.1) is 0 Å². The first-order valence-corrected chi connectivity index (χ1v) is 10.0. The number of rotatable bonds is 7. The first-order valence-electron chi connectivity index (χ1n) is 10.0. The molecule has 0 N–H and O–H groups in total. The van der Waals surface area contributed by atoms with Crippen LogP contribution in [-0.2, 0) is 6.54 Å². The van der Waals surface area contributed by atoms with E-state index in [9.17, 15) is 0 Å². The molecule has 1 aromatic carbocycles. The molecule has 2 aromatic heterocycles. The fraction of sp³-hybridized carbons (Fsp3) is 0.455. The molecule has 0 saturated carbocycles. The highest BCUT2D eigenvalue weighted by Gasteiger charge is 2.18. The molecule has 142 valence electrons. The summed E-state index contributed by atoms with van der Waals surface area (Å²) in [5.41, 5.74) is 4.34. The van der Waals surface area contributed by atoms with Crippen molar-refractivity contribution >= 4 is 5.65 Å². The Morgan fingerprint density at radius 1 is 1.11 bits per heavy atom. The Bertz CT molecular complexity index is 867. The fourth-order valence-electron chi connectivity index (χ4n) is 3.98. The van der Waals surface area contributed by atoms with Gasteiger partial charge in [0, 0.05) is 36.1 Å². The van der Waals surface area contributed by atoms with E-state index in [1.54, 1.807) is 0 Å². The smallest absolute Gasteiger partial charge is 0.162 e. The van der Waals surface area contributed by atoms with Crippen LogP contribution < -0.4 is 0 Å². The van der Waals surface area contributed by atoms with Gasteiger partial charge in [0.15, 0.2) is 5.65 Å². The summed E-state index contributed by atoms with van der Waals surface area (Å²) in [5.74, 6) is 0. The molecule has 0 bridgehead atoms. The van der Waals surface area contributed by atoms with Crippen LogP contribution in [0, 0.1) is 0 Å². The number of nitrogens with zero attached hydrogens (tertiary/aromatic N) is 5. The van der Waals surface area contributed by atoms with Gasteiger partial charge in [-0.3, -0.25) is 0 Å². The number of likely N-dealkylation sites (tertiary alicyclic amines) is 1. The molecule has 1 aliphatic heterocycles. The molecular weight excluding hydrogens is 334 g/mol. The lowest BCUT2D eigenvalue weighted by Crippen LogP contribution is -2.33. The minimum absolute atomic E-state index is 0.676. The number of fused-ring (bicyclic) bond motifs is 1. The number of hydrogen-bond acceptors (Lipinski definition) is 4. The summed E-state index contributed by atoms with van der Waals surface area (Å²) >= 11 is 0. The van der Waals surface area contributed by atoms with Crippen molar-refractivity contribution in [3.05, 3.63) is 54.5 Å². The van der Waals surface area contributed by atoms with Crippen LogP contribution in [0.3, 0.4) is 0 Å². The number of hydrogen-bond donors (Lipinski definition) is 0. The van der Waals surface area contributed by atoms with Gasteiger partial charge in [0.1, 0.15) is 0 Å². The van der Waals surface area contributed by atoms with Crippen molar-refractivity contribution in [2.75, 3.05) is 26.7 Å². The molecule has 4 rings (SSSR count). The maximum atomic E-state index is 4.69. The van der Waals surface area contributed by atoms with Crippen LogP contribution in [0.15, 0.2) is 48.9 Å². The molecule has 3 aromatic rings. The monoisotopic (exact) mass is 363 g/mol. The first kappa shape index (κ1) is 18.1. The van der Waals surface area contributed by atoms with E-state index in [0.717, 1.165) is 29.9 Å². The minimum atomic E-state index is 0.676. The van der Waals surface area contributed by atoms with Gasteiger partial charge >= 0.3 is 0 Å². The van der Waals surface area contributed by atoms with E-state index < -0.39 is 0 Å². The third-order valence-electron chi connectivity index (χ3n) is 5.64. The van der Waals surface area contributed by atoms with Crippen LogP contribution in [0.1, 0.15) is 31.7 Å². The van der Waals surface area contributed by atoms with Crippen LogP contribution >= 0.6 is 0 Å². The van der Waals surface area contributed by atoms with Crippen molar-refractivity contribution in [3.8, 4) is 11.1 Å². The summed E-state index contributed by atoms with van der Waals surface area (Å²) in [6.07, 6.45) is 9.94. The van der Waals surface area contributed by atoms with Gasteiger partial charge in [0.2, 0.25) is 0 Å². The molecule has 5 nitrogen and oxygen atoms in total. The van der Waals surface area contributed by atoms with Gasteiger partial charge in [0.25, 0.3) is 0 Å². The van der Waals surface area contributed by atoms with E-state index >= 15 is 0 Å². The van der Waals surface area contributed by atoms with Gasteiger partial charge in [-0.1, -0.05) is 30.3 Å². The van der Waals surface area contributed by atoms with Gasteiger partial charge < -0.3 is 9.80 Å². The van der Waals surface area contributed by atoms with Crippen molar-refractivity contribution < 1.29 is 0 Å². The maximum absolute atomic E-state index is 4.69. The number of benzene rings is 1. The molecule has 3 heterocycles.